The van der Waals surface area contributed by atoms with E-state index in [0.29, 0.717) is 28.6 Å². The van der Waals surface area contributed by atoms with E-state index in [0.717, 1.165) is 22.8 Å². The number of piperidine rings is 1. The fourth-order valence-corrected chi connectivity index (χ4v) is 6.60. The van der Waals surface area contributed by atoms with E-state index in [1.165, 1.54) is 36.5 Å². The lowest BCUT2D eigenvalue weighted by molar-refractivity contribution is -0.141. The van der Waals surface area contributed by atoms with Gasteiger partial charge in [0.1, 0.15) is 17.2 Å². The van der Waals surface area contributed by atoms with Crippen LogP contribution in [0.25, 0.3) is 0 Å². The van der Waals surface area contributed by atoms with Crippen LogP contribution in [0.4, 0.5) is 23.2 Å². The molecule has 0 amide bonds. The average Bonchev–Trinajstić information content (AvgIpc) is 2.97. The second-order valence-corrected chi connectivity index (χ2v) is 11.6. The van der Waals surface area contributed by atoms with E-state index in [-0.39, 0.29) is 31.6 Å². The van der Waals surface area contributed by atoms with Crippen molar-refractivity contribution in [2.45, 2.75) is 23.9 Å². The third-order valence-electron chi connectivity index (χ3n) is 7.14. The monoisotopic (exact) mass is 585 g/mol. The van der Waals surface area contributed by atoms with Gasteiger partial charge in [0, 0.05) is 43.1 Å². The number of benzene rings is 1. The molecule has 1 fully saturated rings. The molecule has 1 aromatic carbocycles. The Labute approximate surface area is 233 Å². The van der Waals surface area contributed by atoms with E-state index in [4.69, 9.17) is 5.41 Å². The molecule has 0 radical (unpaired) electrons. The highest BCUT2D eigenvalue weighted by atomic mass is 32.2. The molecule has 2 aliphatic rings. The Hall–Kier alpha value is -4.23. The molecule has 1 atom stereocenters. The molecule has 0 bridgehead atoms. The number of halogens is 4. The van der Waals surface area contributed by atoms with E-state index in [1.54, 1.807) is 18.2 Å². The van der Waals surface area contributed by atoms with Crippen molar-refractivity contribution in [3.05, 3.63) is 107 Å². The Morgan fingerprint density at radius 2 is 1.83 bits per heavy atom. The first-order valence-corrected chi connectivity index (χ1v) is 13.8. The van der Waals surface area contributed by atoms with Crippen molar-refractivity contribution < 1.29 is 30.8 Å². The minimum Gasteiger partial charge on any atom is -0.355 e. The van der Waals surface area contributed by atoms with Crippen LogP contribution in [0.15, 0.2) is 94.8 Å². The van der Waals surface area contributed by atoms with Crippen LogP contribution >= 0.6 is 0 Å². The lowest BCUT2D eigenvalue weighted by Gasteiger charge is -2.45. The fraction of sp³-hybridized carbons (Fsp3) is 0.214. The molecule has 1 aliphatic heterocycles. The van der Waals surface area contributed by atoms with Crippen molar-refractivity contribution in [1.29, 1.82) is 5.41 Å². The topological polar surface area (TPSA) is 116 Å². The zero-order chi connectivity index (χ0) is 29.4. The van der Waals surface area contributed by atoms with Crippen molar-refractivity contribution in [3.63, 3.8) is 0 Å². The number of fused-ring (bicyclic) bond motifs is 1. The van der Waals surface area contributed by atoms with Crippen LogP contribution in [0, 0.1) is 16.6 Å². The zero-order valence-electron chi connectivity index (χ0n) is 21.3. The van der Waals surface area contributed by atoms with Crippen molar-refractivity contribution in [1.82, 2.24) is 14.3 Å². The summed E-state index contributed by atoms with van der Waals surface area (Å²) in [6.45, 7) is -0.472. The van der Waals surface area contributed by atoms with Gasteiger partial charge >= 0.3 is 6.18 Å². The number of nitrogens with zero attached hydrogens (tertiary/aromatic N) is 3. The van der Waals surface area contributed by atoms with Crippen LogP contribution in [-0.2, 0) is 16.2 Å². The van der Waals surface area contributed by atoms with Gasteiger partial charge < -0.3 is 10.7 Å². The van der Waals surface area contributed by atoms with E-state index in [2.05, 4.69) is 15.3 Å². The summed E-state index contributed by atoms with van der Waals surface area (Å²) in [6.07, 6.45) is 0.124. The number of aromatic nitrogens is 2. The molecule has 8 nitrogen and oxygen atoms in total. The van der Waals surface area contributed by atoms with Crippen molar-refractivity contribution in [3.8, 4) is 0 Å². The quantitative estimate of drug-likeness (QED) is 0.223. The highest BCUT2D eigenvalue weighted by Gasteiger charge is 2.51. The summed E-state index contributed by atoms with van der Waals surface area (Å²) in [5.41, 5.74) is -0.740. The SMILES string of the molecule is N=CC1=C(Nc2ccc(F)cc2)C=C2CCN(S(=O)(=O)c3ccnc(C(F)(F)F)c3)C[C@@]2(C(=O)c2ccccn2)C1. The molecule has 0 spiro atoms. The van der Waals surface area contributed by atoms with E-state index in [9.17, 15) is 30.8 Å². The van der Waals surface area contributed by atoms with Crippen molar-refractivity contribution >= 4 is 27.7 Å². The van der Waals surface area contributed by atoms with E-state index in [1.807, 2.05) is 0 Å². The number of hydrogen-bond donors (Lipinski definition) is 2. The van der Waals surface area contributed by atoms with E-state index < -0.39 is 43.8 Å². The molecule has 0 unspecified atom stereocenters. The molecule has 0 saturated carbocycles. The standard InChI is InChI=1S/C28H23F4N5O3S/c29-20-4-6-21(7-5-20)36-24-13-19-9-12-37(41(39,40)22-8-11-35-25(14-22)28(30,31)32)17-27(19,15-18(24)16-33)26(38)23-3-1-2-10-34-23/h1-8,10-11,13-14,16,33,36H,9,12,15,17H2/t27-/m0/s1. The largest absolute Gasteiger partial charge is 0.433 e. The lowest BCUT2D eigenvalue weighted by Crippen LogP contribution is -2.52. The van der Waals surface area contributed by atoms with Gasteiger partial charge in [-0.25, -0.2) is 12.8 Å². The zero-order valence-corrected chi connectivity index (χ0v) is 22.1. The van der Waals surface area contributed by atoms with Crippen LogP contribution < -0.4 is 5.32 Å². The molecule has 13 heteroatoms. The summed E-state index contributed by atoms with van der Waals surface area (Å²) in [5.74, 6) is -0.904. The number of sulfonamides is 1. The average molecular weight is 586 g/mol. The minimum absolute atomic E-state index is 0.0720. The van der Waals surface area contributed by atoms with Gasteiger partial charge in [0.25, 0.3) is 0 Å². The number of carbonyl (C=O) groups is 1. The first-order valence-electron chi connectivity index (χ1n) is 12.4. The first-order chi connectivity index (χ1) is 19.4. The summed E-state index contributed by atoms with van der Waals surface area (Å²) in [5, 5.41) is 11.2. The Balaban J connectivity index is 1.56. The summed E-state index contributed by atoms with van der Waals surface area (Å²) < 4.78 is 81.5. The number of nitrogens with one attached hydrogen (secondary N) is 2. The summed E-state index contributed by atoms with van der Waals surface area (Å²) >= 11 is 0. The first kappa shape index (κ1) is 28.3. The molecule has 1 saturated heterocycles. The number of rotatable bonds is 7. The Morgan fingerprint density at radius 1 is 1.07 bits per heavy atom. The summed E-state index contributed by atoms with van der Waals surface area (Å²) in [6, 6.07) is 11.8. The number of anilines is 1. The fourth-order valence-electron chi connectivity index (χ4n) is 5.09. The predicted molar refractivity (Wildman–Crippen MR) is 142 cm³/mol. The van der Waals surface area contributed by atoms with Gasteiger partial charge in [0.15, 0.2) is 5.78 Å². The smallest absolute Gasteiger partial charge is 0.355 e. The molecule has 2 N–H and O–H groups in total. The highest BCUT2D eigenvalue weighted by Crippen LogP contribution is 2.48. The number of pyridine rings is 2. The predicted octanol–water partition coefficient (Wildman–Crippen LogP) is 5.24. The number of allylic oxidation sites excluding steroid dienone is 2. The number of hydrogen-bond acceptors (Lipinski definition) is 7. The Bertz CT molecular complexity index is 1670. The Morgan fingerprint density at radius 3 is 2.49 bits per heavy atom. The van der Waals surface area contributed by atoms with Gasteiger partial charge in [-0.05, 0) is 73.0 Å². The minimum atomic E-state index is -4.85. The molecule has 212 valence electrons. The van der Waals surface area contributed by atoms with Gasteiger partial charge in [-0.15, -0.1) is 0 Å². The normalized spacial score (nSPS) is 19.8. The van der Waals surface area contributed by atoms with Gasteiger partial charge in [-0.1, -0.05) is 11.6 Å². The maximum absolute atomic E-state index is 14.1. The summed E-state index contributed by atoms with van der Waals surface area (Å²) in [7, 11) is -4.47. The number of Topliss-reactive ketones (excluding diaryl/α,β-unsaturated/α-hetero) is 1. The second kappa shape index (κ2) is 10.6. The van der Waals surface area contributed by atoms with Crippen molar-refractivity contribution in [2.75, 3.05) is 18.4 Å². The maximum atomic E-state index is 14.1. The lowest BCUT2D eigenvalue weighted by atomic mass is 9.65. The Kier molecular flexibility index (Phi) is 7.34. The maximum Gasteiger partial charge on any atom is 0.433 e. The van der Waals surface area contributed by atoms with Gasteiger partial charge in [0.05, 0.1) is 10.3 Å². The third-order valence-corrected chi connectivity index (χ3v) is 8.98. The highest BCUT2D eigenvalue weighted by molar-refractivity contribution is 7.89. The molecular weight excluding hydrogens is 562 g/mol. The van der Waals surface area contributed by atoms with Crippen LogP contribution in [-0.4, -0.2) is 47.8 Å². The van der Waals surface area contributed by atoms with Gasteiger partial charge in [0.2, 0.25) is 10.0 Å². The number of carbonyl (C=O) groups excluding carboxylic acids is 1. The third kappa shape index (κ3) is 5.42. The van der Waals surface area contributed by atoms with Gasteiger partial charge in [-0.3, -0.25) is 14.8 Å². The molecule has 41 heavy (non-hydrogen) atoms. The molecule has 3 aromatic rings. The molecule has 2 aromatic heterocycles. The molecule has 1 aliphatic carbocycles. The van der Waals surface area contributed by atoms with E-state index >= 15 is 0 Å². The van der Waals surface area contributed by atoms with Crippen molar-refractivity contribution in [2.24, 2.45) is 5.41 Å². The summed E-state index contributed by atoms with van der Waals surface area (Å²) in [4.78, 5) is 20.9. The second-order valence-electron chi connectivity index (χ2n) is 9.65. The van der Waals surface area contributed by atoms with Crippen LogP contribution in [0.5, 0.6) is 0 Å². The van der Waals surface area contributed by atoms with Crippen LogP contribution in [0.3, 0.4) is 0 Å². The molecule has 3 heterocycles. The molecular formula is C28H23F4N5O3S. The van der Waals surface area contributed by atoms with Gasteiger partial charge in [-0.2, -0.15) is 17.5 Å². The van der Waals surface area contributed by atoms with Crippen LogP contribution in [0.1, 0.15) is 29.0 Å². The molecule has 5 rings (SSSR count). The number of ketones is 1. The number of alkyl halides is 3. The van der Waals surface area contributed by atoms with Crippen LogP contribution in [0.2, 0.25) is 0 Å².